The van der Waals surface area contributed by atoms with Crippen LogP contribution in [0.3, 0.4) is 0 Å². The highest BCUT2D eigenvalue weighted by molar-refractivity contribution is 7.09. The number of likely N-dealkylation sites (N-methyl/N-ethyl adjacent to an activating group) is 2. The zero-order valence-electron chi connectivity index (χ0n) is 9.82. The standard InChI is InChI=1S/C10H17N3O2S/c1-11-4-5-13(2)10(14)8-7-16-9(12-8)6-15-3/h7,11H,4-6H2,1-3H3. The zero-order chi connectivity index (χ0) is 12.0. The largest absolute Gasteiger partial charge is 0.378 e. The van der Waals surface area contributed by atoms with E-state index in [0.29, 0.717) is 18.8 Å². The van der Waals surface area contributed by atoms with Crippen molar-refractivity contribution >= 4 is 17.2 Å². The Labute approximate surface area is 99.4 Å². The molecule has 0 aromatic carbocycles. The van der Waals surface area contributed by atoms with Gasteiger partial charge < -0.3 is 15.0 Å². The fraction of sp³-hybridized carbons (Fsp3) is 0.600. The van der Waals surface area contributed by atoms with Gasteiger partial charge in [-0.3, -0.25) is 4.79 Å². The molecule has 90 valence electrons. The molecule has 0 bridgehead atoms. The summed E-state index contributed by atoms with van der Waals surface area (Å²) in [6.45, 7) is 1.90. The van der Waals surface area contributed by atoms with Gasteiger partial charge in [0.1, 0.15) is 10.7 Å². The van der Waals surface area contributed by atoms with Crippen molar-refractivity contribution in [2.45, 2.75) is 6.61 Å². The number of rotatable bonds is 6. The van der Waals surface area contributed by atoms with Gasteiger partial charge in [-0.2, -0.15) is 0 Å². The molecule has 0 aliphatic carbocycles. The average molecular weight is 243 g/mol. The Bertz CT molecular complexity index is 341. The van der Waals surface area contributed by atoms with Crippen molar-refractivity contribution in [1.29, 1.82) is 0 Å². The van der Waals surface area contributed by atoms with Gasteiger partial charge in [0.05, 0.1) is 6.61 Å². The predicted molar refractivity (Wildman–Crippen MR) is 63.7 cm³/mol. The van der Waals surface area contributed by atoms with Crippen molar-refractivity contribution in [3.8, 4) is 0 Å². The highest BCUT2D eigenvalue weighted by Crippen LogP contribution is 2.12. The Hall–Kier alpha value is -0.980. The number of methoxy groups -OCH3 is 1. The third-order valence-corrected chi connectivity index (χ3v) is 2.90. The lowest BCUT2D eigenvalue weighted by Crippen LogP contribution is -2.32. The van der Waals surface area contributed by atoms with Crippen molar-refractivity contribution in [3.63, 3.8) is 0 Å². The molecule has 1 amide bonds. The smallest absolute Gasteiger partial charge is 0.273 e. The van der Waals surface area contributed by atoms with E-state index in [1.807, 2.05) is 7.05 Å². The van der Waals surface area contributed by atoms with Crippen LogP contribution >= 0.6 is 11.3 Å². The van der Waals surface area contributed by atoms with Crippen LogP contribution in [0.25, 0.3) is 0 Å². The molecule has 1 heterocycles. The first kappa shape index (κ1) is 13.1. The summed E-state index contributed by atoms with van der Waals surface area (Å²) in [7, 11) is 5.24. The summed E-state index contributed by atoms with van der Waals surface area (Å²) in [6.07, 6.45) is 0. The summed E-state index contributed by atoms with van der Waals surface area (Å²) in [5, 5.41) is 5.60. The third kappa shape index (κ3) is 3.55. The van der Waals surface area contributed by atoms with E-state index >= 15 is 0 Å². The number of hydrogen-bond donors (Lipinski definition) is 1. The molecular formula is C10H17N3O2S. The molecular weight excluding hydrogens is 226 g/mol. The van der Waals surface area contributed by atoms with Crippen LogP contribution in [-0.2, 0) is 11.3 Å². The maximum Gasteiger partial charge on any atom is 0.273 e. The molecule has 0 saturated heterocycles. The minimum absolute atomic E-state index is 0.0474. The third-order valence-electron chi connectivity index (χ3n) is 2.08. The highest BCUT2D eigenvalue weighted by Gasteiger charge is 2.14. The van der Waals surface area contributed by atoms with Crippen LogP contribution in [0.1, 0.15) is 15.5 Å². The number of aromatic nitrogens is 1. The van der Waals surface area contributed by atoms with Crippen molar-refractivity contribution in [2.24, 2.45) is 0 Å². The van der Waals surface area contributed by atoms with Crippen LogP contribution in [0, 0.1) is 0 Å². The topological polar surface area (TPSA) is 54.5 Å². The summed E-state index contributed by atoms with van der Waals surface area (Å²) in [5.74, 6) is -0.0474. The first-order valence-corrected chi connectivity index (χ1v) is 5.90. The summed E-state index contributed by atoms with van der Waals surface area (Å²) < 4.78 is 4.96. The monoisotopic (exact) mass is 243 g/mol. The Morgan fingerprint density at radius 1 is 1.69 bits per heavy atom. The number of carbonyl (C=O) groups excluding carboxylic acids is 1. The number of nitrogens with zero attached hydrogens (tertiary/aromatic N) is 2. The van der Waals surface area contributed by atoms with Gasteiger partial charge in [0.2, 0.25) is 0 Å². The first-order valence-electron chi connectivity index (χ1n) is 5.02. The molecule has 0 fully saturated rings. The SMILES string of the molecule is CNCCN(C)C(=O)c1csc(COC)n1. The Morgan fingerprint density at radius 3 is 3.06 bits per heavy atom. The highest BCUT2D eigenvalue weighted by atomic mass is 32.1. The summed E-state index contributed by atoms with van der Waals surface area (Å²) in [6, 6.07) is 0. The number of ether oxygens (including phenoxy) is 1. The lowest BCUT2D eigenvalue weighted by molar-refractivity contribution is 0.0791. The van der Waals surface area contributed by atoms with Gasteiger partial charge in [-0.25, -0.2) is 4.98 Å². The van der Waals surface area contributed by atoms with Crippen LogP contribution in [0.4, 0.5) is 0 Å². The molecule has 0 unspecified atom stereocenters. The van der Waals surface area contributed by atoms with E-state index in [1.165, 1.54) is 11.3 Å². The molecule has 1 N–H and O–H groups in total. The average Bonchev–Trinajstić information content (AvgIpc) is 2.74. The van der Waals surface area contributed by atoms with E-state index in [1.54, 1.807) is 24.4 Å². The number of carbonyl (C=O) groups is 1. The van der Waals surface area contributed by atoms with E-state index in [4.69, 9.17) is 4.74 Å². The van der Waals surface area contributed by atoms with Crippen LogP contribution in [-0.4, -0.2) is 50.1 Å². The van der Waals surface area contributed by atoms with E-state index < -0.39 is 0 Å². The fourth-order valence-electron chi connectivity index (χ4n) is 1.18. The van der Waals surface area contributed by atoms with Crippen molar-refractivity contribution < 1.29 is 9.53 Å². The van der Waals surface area contributed by atoms with Gasteiger partial charge in [-0.15, -0.1) is 11.3 Å². The van der Waals surface area contributed by atoms with Gasteiger partial charge in [0.25, 0.3) is 5.91 Å². The van der Waals surface area contributed by atoms with Crippen LogP contribution in [0.2, 0.25) is 0 Å². The van der Waals surface area contributed by atoms with Gasteiger partial charge in [-0.05, 0) is 7.05 Å². The van der Waals surface area contributed by atoms with Gasteiger partial charge in [-0.1, -0.05) is 0 Å². The van der Waals surface area contributed by atoms with Crippen LogP contribution in [0.5, 0.6) is 0 Å². The quantitative estimate of drug-likeness (QED) is 0.794. The molecule has 0 spiro atoms. The molecule has 16 heavy (non-hydrogen) atoms. The molecule has 1 aromatic rings. The van der Waals surface area contributed by atoms with E-state index in [-0.39, 0.29) is 5.91 Å². The Balaban J connectivity index is 2.57. The minimum Gasteiger partial charge on any atom is -0.378 e. The van der Waals surface area contributed by atoms with Crippen LogP contribution in [0.15, 0.2) is 5.38 Å². The molecule has 0 saturated carbocycles. The lowest BCUT2D eigenvalue weighted by Gasteiger charge is -2.15. The molecule has 0 aliphatic rings. The predicted octanol–water partition coefficient (Wildman–Crippen LogP) is 0.581. The Kier molecular flexibility index (Phi) is 5.37. The van der Waals surface area contributed by atoms with Crippen molar-refractivity contribution in [2.75, 3.05) is 34.3 Å². The maximum atomic E-state index is 11.9. The summed E-state index contributed by atoms with van der Waals surface area (Å²) in [5.41, 5.74) is 0.496. The van der Waals surface area contributed by atoms with Gasteiger partial charge in [0, 0.05) is 32.6 Å². The first-order chi connectivity index (χ1) is 7.69. The second-order valence-corrected chi connectivity index (χ2v) is 4.33. The normalized spacial score (nSPS) is 10.4. The van der Waals surface area contributed by atoms with Gasteiger partial charge in [0.15, 0.2) is 0 Å². The molecule has 5 nitrogen and oxygen atoms in total. The lowest BCUT2D eigenvalue weighted by atomic mass is 10.4. The number of thiazole rings is 1. The second kappa shape index (κ2) is 6.57. The molecule has 0 aliphatic heterocycles. The van der Waals surface area contributed by atoms with Crippen molar-refractivity contribution in [1.82, 2.24) is 15.2 Å². The van der Waals surface area contributed by atoms with E-state index in [0.717, 1.165) is 11.6 Å². The van der Waals surface area contributed by atoms with Crippen molar-refractivity contribution in [3.05, 3.63) is 16.1 Å². The summed E-state index contributed by atoms with van der Waals surface area (Å²) in [4.78, 5) is 17.7. The fourth-order valence-corrected chi connectivity index (χ4v) is 1.91. The van der Waals surface area contributed by atoms with Gasteiger partial charge >= 0.3 is 0 Å². The minimum atomic E-state index is -0.0474. The number of hydrogen-bond acceptors (Lipinski definition) is 5. The maximum absolute atomic E-state index is 11.9. The van der Waals surface area contributed by atoms with E-state index in [2.05, 4.69) is 10.3 Å². The number of nitrogens with one attached hydrogen (secondary N) is 1. The molecule has 0 radical (unpaired) electrons. The molecule has 0 atom stereocenters. The molecule has 1 rings (SSSR count). The van der Waals surface area contributed by atoms with E-state index in [9.17, 15) is 4.79 Å². The molecule has 6 heteroatoms. The second-order valence-electron chi connectivity index (χ2n) is 3.39. The zero-order valence-corrected chi connectivity index (χ0v) is 10.6. The molecule has 1 aromatic heterocycles. The Morgan fingerprint density at radius 2 is 2.44 bits per heavy atom. The van der Waals surface area contributed by atoms with Crippen LogP contribution < -0.4 is 5.32 Å². The summed E-state index contributed by atoms with van der Waals surface area (Å²) >= 11 is 1.44. The number of amides is 1.